The number of aryl methyl sites for hydroxylation is 2. The van der Waals surface area contributed by atoms with E-state index in [0.717, 1.165) is 23.2 Å². The summed E-state index contributed by atoms with van der Waals surface area (Å²) in [6.07, 6.45) is 6.54. The van der Waals surface area contributed by atoms with Gasteiger partial charge in [-0.1, -0.05) is 12.1 Å². The van der Waals surface area contributed by atoms with E-state index in [9.17, 15) is 0 Å². The van der Waals surface area contributed by atoms with Gasteiger partial charge in [-0.15, -0.1) is 0 Å². The van der Waals surface area contributed by atoms with E-state index in [4.69, 9.17) is 5.10 Å². The Morgan fingerprint density at radius 1 is 1.17 bits per heavy atom. The first-order valence-electron chi connectivity index (χ1n) is 8.88. The Morgan fingerprint density at radius 2 is 1.96 bits per heavy atom. The van der Waals surface area contributed by atoms with Gasteiger partial charge >= 0.3 is 0 Å². The Hall–Kier alpha value is -2.14. The van der Waals surface area contributed by atoms with Gasteiger partial charge in [-0.25, -0.2) is 4.68 Å². The highest BCUT2D eigenvalue weighted by Gasteiger charge is 2.37. The fourth-order valence-corrected chi connectivity index (χ4v) is 4.69. The quantitative estimate of drug-likeness (QED) is 0.789. The summed E-state index contributed by atoms with van der Waals surface area (Å²) in [5, 5.41) is 13.8. The third-order valence-corrected chi connectivity index (χ3v) is 5.95. The van der Waals surface area contributed by atoms with Crippen LogP contribution in [-0.2, 0) is 7.05 Å². The summed E-state index contributed by atoms with van der Waals surface area (Å²) < 4.78 is 3.87. The third kappa shape index (κ3) is 2.11. The zero-order chi connectivity index (χ0) is 16.3. The number of aromatic nitrogens is 4. The van der Waals surface area contributed by atoms with E-state index in [0.29, 0.717) is 5.92 Å². The first-order valence-corrected chi connectivity index (χ1v) is 8.88. The van der Waals surface area contributed by atoms with Gasteiger partial charge in [-0.2, -0.15) is 10.2 Å². The first kappa shape index (κ1) is 14.2. The standard InChI is InChI=1S/C19H23N5/c1-12-18-4-3-13(14-5-15-8-20-9-16(15)6-14)7-19(18)24(22-12)17-10-21-23(2)11-17/h3-4,7,10-11,14-16,20H,5-6,8-9H2,1-2H3. The number of benzene rings is 1. The van der Waals surface area contributed by atoms with E-state index >= 15 is 0 Å². The molecule has 124 valence electrons. The van der Waals surface area contributed by atoms with Crippen LogP contribution in [0.25, 0.3) is 16.6 Å². The predicted octanol–water partition coefficient (Wildman–Crippen LogP) is 2.78. The Bertz CT molecular complexity index is 894. The molecule has 5 rings (SSSR count). The lowest BCUT2D eigenvalue weighted by molar-refractivity contribution is 0.494. The molecule has 2 aliphatic rings. The number of hydrogen-bond donors (Lipinski definition) is 1. The van der Waals surface area contributed by atoms with Crippen LogP contribution >= 0.6 is 0 Å². The van der Waals surface area contributed by atoms with Crippen LogP contribution in [0, 0.1) is 18.8 Å². The van der Waals surface area contributed by atoms with Crippen LogP contribution in [0.4, 0.5) is 0 Å². The fourth-order valence-electron chi connectivity index (χ4n) is 4.69. The van der Waals surface area contributed by atoms with Crippen LogP contribution in [0.2, 0.25) is 0 Å². The monoisotopic (exact) mass is 321 g/mol. The van der Waals surface area contributed by atoms with Crippen molar-refractivity contribution in [3.8, 4) is 5.69 Å². The molecular weight excluding hydrogens is 298 g/mol. The summed E-state index contributed by atoms with van der Waals surface area (Å²) in [5.74, 6) is 2.44. The number of nitrogens with one attached hydrogen (secondary N) is 1. The van der Waals surface area contributed by atoms with Crippen molar-refractivity contribution in [2.45, 2.75) is 25.7 Å². The molecule has 2 atom stereocenters. The van der Waals surface area contributed by atoms with Crippen LogP contribution in [-0.4, -0.2) is 32.7 Å². The van der Waals surface area contributed by atoms with Crippen LogP contribution < -0.4 is 5.32 Å². The van der Waals surface area contributed by atoms with Gasteiger partial charge in [-0.3, -0.25) is 4.68 Å². The Balaban J connectivity index is 1.57. The topological polar surface area (TPSA) is 47.7 Å². The summed E-state index contributed by atoms with van der Waals surface area (Å²) in [6, 6.07) is 6.94. The van der Waals surface area contributed by atoms with Crippen molar-refractivity contribution in [1.82, 2.24) is 24.9 Å². The maximum atomic E-state index is 4.75. The van der Waals surface area contributed by atoms with Gasteiger partial charge in [0.05, 0.1) is 23.6 Å². The summed E-state index contributed by atoms with van der Waals surface area (Å²) >= 11 is 0. The molecule has 24 heavy (non-hydrogen) atoms. The molecule has 1 aromatic carbocycles. The van der Waals surface area contributed by atoms with Crippen molar-refractivity contribution >= 4 is 10.9 Å². The van der Waals surface area contributed by atoms with Crippen LogP contribution in [0.15, 0.2) is 30.6 Å². The van der Waals surface area contributed by atoms with E-state index < -0.39 is 0 Å². The van der Waals surface area contributed by atoms with E-state index in [-0.39, 0.29) is 0 Å². The minimum absolute atomic E-state index is 0.698. The lowest BCUT2D eigenvalue weighted by Gasteiger charge is -2.12. The molecule has 0 radical (unpaired) electrons. The molecule has 5 heteroatoms. The highest BCUT2D eigenvalue weighted by molar-refractivity contribution is 5.84. The molecule has 1 aliphatic heterocycles. The maximum Gasteiger partial charge on any atom is 0.103 e. The van der Waals surface area contributed by atoms with Crippen molar-refractivity contribution in [3.63, 3.8) is 0 Å². The van der Waals surface area contributed by atoms with Gasteiger partial charge < -0.3 is 5.32 Å². The van der Waals surface area contributed by atoms with Crippen molar-refractivity contribution in [1.29, 1.82) is 0 Å². The summed E-state index contributed by atoms with van der Waals surface area (Å²) in [4.78, 5) is 0. The third-order valence-electron chi connectivity index (χ3n) is 5.95. The van der Waals surface area contributed by atoms with E-state index in [1.54, 1.807) is 0 Å². The molecule has 0 spiro atoms. The number of hydrogen-bond acceptors (Lipinski definition) is 3. The minimum Gasteiger partial charge on any atom is -0.316 e. The number of nitrogens with zero attached hydrogens (tertiary/aromatic N) is 4. The second kappa shape index (κ2) is 5.18. The average Bonchev–Trinajstić information content (AvgIpc) is 3.30. The normalized spacial score (nSPS) is 26.3. The zero-order valence-electron chi connectivity index (χ0n) is 14.2. The molecule has 2 unspecified atom stereocenters. The molecule has 5 nitrogen and oxygen atoms in total. The van der Waals surface area contributed by atoms with Gasteiger partial charge in [-0.05, 0) is 62.2 Å². The van der Waals surface area contributed by atoms with Gasteiger partial charge in [0.2, 0.25) is 0 Å². The molecule has 1 aliphatic carbocycles. The highest BCUT2D eigenvalue weighted by atomic mass is 15.3. The lowest BCUT2D eigenvalue weighted by atomic mass is 9.95. The van der Waals surface area contributed by atoms with Crippen LogP contribution in [0.3, 0.4) is 0 Å². The smallest absolute Gasteiger partial charge is 0.103 e. The summed E-state index contributed by atoms with van der Waals surface area (Å²) in [6.45, 7) is 4.49. The Kier molecular flexibility index (Phi) is 3.07. The van der Waals surface area contributed by atoms with E-state index in [1.807, 2.05) is 28.8 Å². The molecule has 2 aromatic heterocycles. The molecule has 3 heterocycles. The largest absolute Gasteiger partial charge is 0.316 e. The lowest BCUT2D eigenvalue weighted by Crippen LogP contribution is -2.11. The predicted molar refractivity (Wildman–Crippen MR) is 94.4 cm³/mol. The molecule has 1 saturated heterocycles. The van der Waals surface area contributed by atoms with Gasteiger partial charge in [0.25, 0.3) is 0 Å². The summed E-state index contributed by atoms with van der Waals surface area (Å²) in [5.41, 5.74) is 4.78. The van der Waals surface area contributed by atoms with Crippen LogP contribution in [0.5, 0.6) is 0 Å². The van der Waals surface area contributed by atoms with Gasteiger partial charge in [0.15, 0.2) is 0 Å². The highest BCUT2D eigenvalue weighted by Crippen LogP contribution is 2.44. The fraction of sp³-hybridized carbons (Fsp3) is 0.474. The zero-order valence-corrected chi connectivity index (χ0v) is 14.2. The maximum absolute atomic E-state index is 4.75. The molecule has 1 saturated carbocycles. The number of fused-ring (bicyclic) bond motifs is 2. The van der Waals surface area contributed by atoms with E-state index in [1.165, 1.54) is 42.4 Å². The van der Waals surface area contributed by atoms with Crippen molar-refractivity contribution in [2.24, 2.45) is 18.9 Å². The molecule has 0 bridgehead atoms. The van der Waals surface area contributed by atoms with Gasteiger partial charge in [0, 0.05) is 12.4 Å². The van der Waals surface area contributed by atoms with Crippen molar-refractivity contribution in [2.75, 3.05) is 13.1 Å². The second-order valence-corrected chi connectivity index (χ2v) is 7.49. The molecular formula is C19H23N5. The van der Waals surface area contributed by atoms with Gasteiger partial charge in [0.1, 0.15) is 5.69 Å². The van der Waals surface area contributed by atoms with Crippen molar-refractivity contribution < 1.29 is 0 Å². The molecule has 1 N–H and O–H groups in total. The van der Waals surface area contributed by atoms with Crippen molar-refractivity contribution in [3.05, 3.63) is 41.9 Å². The minimum atomic E-state index is 0.698. The SMILES string of the molecule is Cc1nn(-c2cnn(C)c2)c2cc(C3CC4CNCC4C3)ccc12. The molecule has 3 aromatic rings. The second-order valence-electron chi connectivity index (χ2n) is 7.49. The first-order chi connectivity index (χ1) is 11.7. The van der Waals surface area contributed by atoms with E-state index in [2.05, 4.69) is 35.5 Å². The Morgan fingerprint density at radius 3 is 2.67 bits per heavy atom. The Labute approximate surface area is 141 Å². The summed E-state index contributed by atoms with van der Waals surface area (Å²) in [7, 11) is 1.94. The average molecular weight is 321 g/mol. The molecule has 2 fully saturated rings. The number of rotatable bonds is 2. The van der Waals surface area contributed by atoms with Crippen LogP contribution in [0.1, 0.15) is 30.0 Å². The molecule has 0 amide bonds.